The SMILES string of the molecule is CCn1cc(NC(=O)Cn2nc(C(F)F)c(Br)c2C2CC2)c(C(=O)OC)n1. The Morgan fingerprint density at radius 2 is 2.11 bits per heavy atom. The highest BCUT2D eigenvalue weighted by Gasteiger charge is 2.34. The summed E-state index contributed by atoms with van der Waals surface area (Å²) in [6.45, 7) is 2.07. The molecular weight excluding hydrogens is 428 g/mol. The van der Waals surface area contributed by atoms with E-state index in [9.17, 15) is 18.4 Å². The van der Waals surface area contributed by atoms with Crippen LogP contribution in [0.2, 0.25) is 0 Å². The van der Waals surface area contributed by atoms with Gasteiger partial charge in [-0.05, 0) is 35.7 Å². The summed E-state index contributed by atoms with van der Waals surface area (Å²) in [4.78, 5) is 24.3. The van der Waals surface area contributed by atoms with Crippen molar-refractivity contribution < 1.29 is 23.1 Å². The van der Waals surface area contributed by atoms with Gasteiger partial charge < -0.3 is 10.1 Å². The van der Waals surface area contributed by atoms with Crippen molar-refractivity contribution in [1.29, 1.82) is 0 Å². The Morgan fingerprint density at radius 1 is 1.41 bits per heavy atom. The number of hydrogen-bond donors (Lipinski definition) is 1. The molecule has 0 radical (unpaired) electrons. The Bertz CT molecular complexity index is 876. The number of methoxy groups -OCH3 is 1. The van der Waals surface area contributed by atoms with Crippen LogP contribution in [0.25, 0.3) is 0 Å². The van der Waals surface area contributed by atoms with E-state index in [1.165, 1.54) is 22.7 Å². The van der Waals surface area contributed by atoms with E-state index in [1.54, 1.807) is 0 Å². The molecule has 1 fully saturated rings. The summed E-state index contributed by atoms with van der Waals surface area (Å²) in [5, 5.41) is 10.5. The molecule has 2 heterocycles. The maximum atomic E-state index is 13.1. The highest BCUT2D eigenvalue weighted by atomic mass is 79.9. The smallest absolute Gasteiger partial charge is 0.360 e. The van der Waals surface area contributed by atoms with Crippen LogP contribution in [0.4, 0.5) is 14.5 Å². The van der Waals surface area contributed by atoms with Crippen molar-refractivity contribution >= 4 is 33.5 Å². The molecule has 8 nitrogen and oxygen atoms in total. The zero-order chi connectivity index (χ0) is 19.7. The first-order valence-electron chi connectivity index (χ1n) is 8.35. The molecule has 1 N–H and O–H groups in total. The quantitative estimate of drug-likeness (QED) is 0.661. The largest absolute Gasteiger partial charge is 0.464 e. The average Bonchev–Trinajstić information content (AvgIpc) is 3.29. The standard InChI is InChI=1S/C16H18BrF2N5O3/c1-3-23-6-9(12(21-23)16(26)27-2)20-10(25)7-24-14(8-4-5-8)11(17)13(22-24)15(18)19/h6,8,15H,3-5,7H2,1-2H3,(H,20,25). The molecule has 0 aliphatic heterocycles. The van der Waals surface area contributed by atoms with E-state index in [-0.39, 0.29) is 34.0 Å². The fourth-order valence-electron chi connectivity index (χ4n) is 2.73. The molecule has 146 valence electrons. The summed E-state index contributed by atoms with van der Waals surface area (Å²) in [5.41, 5.74) is 0.392. The maximum absolute atomic E-state index is 13.1. The minimum absolute atomic E-state index is 0.0231. The fourth-order valence-corrected chi connectivity index (χ4v) is 3.51. The Labute approximate surface area is 162 Å². The number of ether oxygens (including phenoxy) is 1. The van der Waals surface area contributed by atoms with Gasteiger partial charge in [0.05, 0.1) is 23.0 Å². The maximum Gasteiger partial charge on any atom is 0.360 e. The average molecular weight is 446 g/mol. The Hall–Kier alpha value is -2.30. The molecule has 27 heavy (non-hydrogen) atoms. The van der Waals surface area contributed by atoms with Gasteiger partial charge >= 0.3 is 5.97 Å². The molecule has 1 aliphatic carbocycles. The van der Waals surface area contributed by atoms with Gasteiger partial charge in [-0.2, -0.15) is 10.2 Å². The molecular formula is C16H18BrF2N5O3. The van der Waals surface area contributed by atoms with E-state index in [4.69, 9.17) is 0 Å². The summed E-state index contributed by atoms with van der Waals surface area (Å²) in [5.74, 6) is -1.08. The van der Waals surface area contributed by atoms with Crippen molar-refractivity contribution in [1.82, 2.24) is 19.6 Å². The summed E-state index contributed by atoms with van der Waals surface area (Å²) in [6, 6.07) is 0. The molecule has 0 bridgehead atoms. The van der Waals surface area contributed by atoms with Crippen LogP contribution in [-0.4, -0.2) is 38.5 Å². The second-order valence-electron chi connectivity index (χ2n) is 6.10. The molecule has 1 saturated carbocycles. The van der Waals surface area contributed by atoms with Crippen LogP contribution < -0.4 is 5.32 Å². The third-order valence-electron chi connectivity index (χ3n) is 4.16. The Kier molecular flexibility index (Phi) is 5.59. The molecule has 0 aromatic carbocycles. The van der Waals surface area contributed by atoms with Crippen LogP contribution in [0.15, 0.2) is 10.7 Å². The summed E-state index contributed by atoms with van der Waals surface area (Å²) >= 11 is 3.18. The van der Waals surface area contributed by atoms with Gasteiger partial charge in [0, 0.05) is 18.7 Å². The van der Waals surface area contributed by atoms with Crippen molar-refractivity contribution in [3.8, 4) is 0 Å². The first-order valence-corrected chi connectivity index (χ1v) is 9.14. The molecule has 1 amide bonds. The van der Waals surface area contributed by atoms with Crippen molar-refractivity contribution in [3.05, 3.63) is 27.8 Å². The first kappa shape index (κ1) is 19.5. The van der Waals surface area contributed by atoms with Crippen molar-refractivity contribution in [2.24, 2.45) is 0 Å². The first-order chi connectivity index (χ1) is 12.8. The van der Waals surface area contributed by atoms with E-state index in [2.05, 4.69) is 36.2 Å². The van der Waals surface area contributed by atoms with E-state index < -0.39 is 18.3 Å². The molecule has 1 aliphatic rings. The number of carbonyl (C=O) groups excluding carboxylic acids is 2. The van der Waals surface area contributed by atoms with Crippen LogP contribution in [-0.2, 0) is 22.6 Å². The molecule has 2 aromatic heterocycles. The van der Waals surface area contributed by atoms with E-state index in [1.807, 2.05) is 6.92 Å². The van der Waals surface area contributed by atoms with Crippen LogP contribution in [0.3, 0.4) is 0 Å². The number of nitrogens with one attached hydrogen (secondary N) is 1. The number of alkyl halides is 2. The van der Waals surface area contributed by atoms with Gasteiger partial charge in [0.1, 0.15) is 12.2 Å². The van der Waals surface area contributed by atoms with Crippen molar-refractivity contribution in [2.75, 3.05) is 12.4 Å². The van der Waals surface area contributed by atoms with E-state index >= 15 is 0 Å². The highest BCUT2D eigenvalue weighted by Crippen LogP contribution is 2.45. The molecule has 11 heteroatoms. The lowest BCUT2D eigenvalue weighted by molar-refractivity contribution is -0.117. The van der Waals surface area contributed by atoms with Crippen LogP contribution in [0.1, 0.15) is 54.0 Å². The van der Waals surface area contributed by atoms with Crippen molar-refractivity contribution in [3.63, 3.8) is 0 Å². The predicted molar refractivity (Wildman–Crippen MR) is 94.7 cm³/mol. The normalized spacial score (nSPS) is 13.9. The zero-order valence-corrected chi connectivity index (χ0v) is 16.3. The second-order valence-corrected chi connectivity index (χ2v) is 6.90. The van der Waals surface area contributed by atoms with Crippen LogP contribution in [0, 0.1) is 0 Å². The van der Waals surface area contributed by atoms with Crippen LogP contribution >= 0.6 is 15.9 Å². The zero-order valence-electron chi connectivity index (χ0n) is 14.7. The van der Waals surface area contributed by atoms with Gasteiger partial charge in [-0.25, -0.2) is 13.6 Å². The van der Waals surface area contributed by atoms with Gasteiger partial charge in [0.15, 0.2) is 5.69 Å². The minimum atomic E-state index is -2.74. The number of aromatic nitrogens is 4. The number of esters is 1. The summed E-state index contributed by atoms with van der Waals surface area (Å²) < 4.78 is 34.0. The van der Waals surface area contributed by atoms with E-state index in [0.717, 1.165) is 12.8 Å². The topological polar surface area (TPSA) is 91.0 Å². The lowest BCUT2D eigenvalue weighted by atomic mass is 10.2. The molecule has 3 rings (SSSR count). The number of carbonyl (C=O) groups is 2. The Morgan fingerprint density at radius 3 is 2.67 bits per heavy atom. The number of amides is 1. The fraction of sp³-hybridized carbons (Fsp3) is 0.500. The molecule has 0 atom stereocenters. The number of nitrogens with zero attached hydrogens (tertiary/aromatic N) is 4. The number of halogens is 3. The lowest BCUT2D eigenvalue weighted by Gasteiger charge is -2.08. The Balaban J connectivity index is 1.82. The highest BCUT2D eigenvalue weighted by molar-refractivity contribution is 9.10. The molecule has 2 aromatic rings. The number of aryl methyl sites for hydroxylation is 1. The number of hydrogen-bond acceptors (Lipinski definition) is 5. The number of rotatable bonds is 7. The molecule has 0 spiro atoms. The van der Waals surface area contributed by atoms with Gasteiger partial charge in [0.25, 0.3) is 6.43 Å². The predicted octanol–water partition coefficient (Wildman–Crippen LogP) is 3.10. The third-order valence-corrected chi connectivity index (χ3v) is 4.97. The van der Waals surface area contributed by atoms with Gasteiger partial charge in [-0.1, -0.05) is 0 Å². The summed E-state index contributed by atoms with van der Waals surface area (Å²) in [6.07, 6.45) is 0.499. The number of anilines is 1. The van der Waals surface area contributed by atoms with Gasteiger partial charge in [0.2, 0.25) is 5.91 Å². The second kappa shape index (κ2) is 7.75. The summed E-state index contributed by atoms with van der Waals surface area (Å²) in [7, 11) is 1.22. The molecule has 0 saturated heterocycles. The monoisotopic (exact) mass is 445 g/mol. The lowest BCUT2D eigenvalue weighted by Crippen LogP contribution is -2.22. The van der Waals surface area contributed by atoms with Crippen LogP contribution in [0.5, 0.6) is 0 Å². The third kappa shape index (κ3) is 4.02. The minimum Gasteiger partial charge on any atom is -0.464 e. The molecule has 0 unspecified atom stereocenters. The van der Waals surface area contributed by atoms with Gasteiger partial charge in [-0.15, -0.1) is 0 Å². The van der Waals surface area contributed by atoms with Gasteiger partial charge in [-0.3, -0.25) is 14.2 Å². The van der Waals surface area contributed by atoms with E-state index in [0.29, 0.717) is 12.2 Å². The van der Waals surface area contributed by atoms with Crippen molar-refractivity contribution in [2.45, 2.75) is 45.2 Å².